The van der Waals surface area contributed by atoms with Gasteiger partial charge in [0.1, 0.15) is 5.02 Å². The molecule has 0 fully saturated rings. The van der Waals surface area contributed by atoms with E-state index in [-0.39, 0.29) is 0 Å². The van der Waals surface area contributed by atoms with Crippen molar-refractivity contribution < 1.29 is 4.74 Å². The molecule has 0 spiro atoms. The highest BCUT2D eigenvalue weighted by atomic mass is 35.5. The van der Waals surface area contributed by atoms with E-state index >= 15 is 0 Å². The van der Waals surface area contributed by atoms with E-state index in [1.165, 1.54) is 0 Å². The largest absolute Gasteiger partial charge is 0.435 e. The molecule has 16 heavy (non-hydrogen) atoms. The molecule has 0 saturated heterocycles. The number of halogens is 1. The van der Waals surface area contributed by atoms with Crippen LogP contribution in [0.15, 0.2) is 36.5 Å². The number of aromatic nitrogens is 1. The third kappa shape index (κ3) is 2.09. The number of ether oxygens (including phenoxy) is 1. The first-order chi connectivity index (χ1) is 7.68. The molecule has 3 nitrogen and oxygen atoms in total. The summed E-state index contributed by atoms with van der Waals surface area (Å²) in [5.41, 5.74) is 7.34. The highest BCUT2D eigenvalue weighted by Gasteiger charge is 2.08. The minimum Gasteiger partial charge on any atom is -0.435 e. The zero-order valence-electron chi connectivity index (χ0n) is 8.77. The van der Waals surface area contributed by atoms with Gasteiger partial charge >= 0.3 is 0 Å². The van der Waals surface area contributed by atoms with Crippen molar-refractivity contribution in [2.75, 3.05) is 5.73 Å². The minimum atomic E-state index is 0.366. The monoisotopic (exact) mass is 234 g/mol. The molecule has 0 atom stereocenters. The fourth-order valence-corrected chi connectivity index (χ4v) is 1.52. The first kappa shape index (κ1) is 10.8. The maximum absolute atomic E-state index is 5.95. The molecule has 1 heterocycles. The van der Waals surface area contributed by atoms with Crippen molar-refractivity contribution in [1.29, 1.82) is 0 Å². The Balaban J connectivity index is 2.38. The van der Waals surface area contributed by atoms with Gasteiger partial charge in [-0.25, -0.2) is 4.98 Å². The van der Waals surface area contributed by atoms with Crippen LogP contribution in [0.25, 0.3) is 0 Å². The summed E-state index contributed by atoms with van der Waals surface area (Å²) in [6.45, 7) is 1.92. The lowest BCUT2D eigenvalue weighted by atomic mass is 10.2. The van der Waals surface area contributed by atoms with Crippen LogP contribution >= 0.6 is 11.6 Å². The molecule has 0 bridgehead atoms. The fraction of sp³-hybridized carbons (Fsp3) is 0.0833. The zero-order valence-corrected chi connectivity index (χ0v) is 9.53. The van der Waals surface area contributed by atoms with E-state index in [0.717, 1.165) is 5.56 Å². The molecule has 0 aliphatic rings. The number of nitrogen functional groups attached to an aromatic ring is 1. The molecule has 0 saturated carbocycles. The highest BCUT2D eigenvalue weighted by molar-refractivity contribution is 6.31. The lowest BCUT2D eigenvalue weighted by Crippen LogP contribution is -1.96. The molecule has 2 aromatic rings. The Hall–Kier alpha value is -1.74. The Morgan fingerprint density at radius 3 is 2.75 bits per heavy atom. The Morgan fingerprint density at radius 2 is 2.06 bits per heavy atom. The predicted molar refractivity (Wildman–Crippen MR) is 64.9 cm³/mol. The van der Waals surface area contributed by atoms with Gasteiger partial charge in [0.25, 0.3) is 0 Å². The summed E-state index contributed by atoms with van der Waals surface area (Å²) in [7, 11) is 0. The molecule has 2 rings (SSSR count). The molecule has 0 amide bonds. The minimum absolute atomic E-state index is 0.366. The number of hydrogen-bond acceptors (Lipinski definition) is 3. The number of nitrogens with two attached hydrogens (primary N) is 1. The summed E-state index contributed by atoms with van der Waals surface area (Å²) >= 11 is 5.95. The summed E-state index contributed by atoms with van der Waals surface area (Å²) < 4.78 is 5.60. The average Bonchev–Trinajstić information content (AvgIpc) is 2.26. The van der Waals surface area contributed by atoms with Crippen molar-refractivity contribution in [3.05, 3.63) is 47.1 Å². The van der Waals surface area contributed by atoms with Gasteiger partial charge in [0.05, 0.1) is 5.69 Å². The second-order valence-corrected chi connectivity index (χ2v) is 3.79. The fourth-order valence-electron chi connectivity index (χ4n) is 1.36. The van der Waals surface area contributed by atoms with Crippen LogP contribution in [0.1, 0.15) is 5.56 Å². The first-order valence-electron chi connectivity index (χ1n) is 4.82. The van der Waals surface area contributed by atoms with Gasteiger partial charge in [0.15, 0.2) is 5.75 Å². The molecule has 0 aliphatic carbocycles. The van der Waals surface area contributed by atoms with Crippen molar-refractivity contribution in [3.8, 4) is 11.6 Å². The maximum Gasteiger partial charge on any atom is 0.238 e. The highest BCUT2D eigenvalue weighted by Crippen LogP contribution is 2.32. The molecule has 2 N–H and O–H groups in total. The number of nitrogens with zero attached hydrogens (tertiary/aromatic N) is 1. The normalized spacial score (nSPS) is 10.1. The summed E-state index contributed by atoms with van der Waals surface area (Å²) in [5.74, 6) is 0.966. The van der Waals surface area contributed by atoms with Crippen LogP contribution in [0.3, 0.4) is 0 Å². The summed E-state index contributed by atoms with van der Waals surface area (Å²) in [4.78, 5) is 4.05. The molecule has 1 aromatic carbocycles. The van der Waals surface area contributed by atoms with Crippen molar-refractivity contribution in [2.24, 2.45) is 0 Å². The number of hydrogen-bond donors (Lipinski definition) is 1. The summed E-state index contributed by atoms with van der Waals surface area (Å²) in [5, 5.41) is 0.463. The zero-order chi connectivity index (χ0) is 11.5. The van der Waals surface area contributed by atoms with Crippen LogP contribution in [0.4, 0.5) is 5.69 Å². The summed E-state index contributed by atoms with van der Waals surface area (Å²) in [6, 6.07) is 9.04. The molecule has 4 heteroatoms. The number of rotatable bonds is 2. The van der Waals surface area contributed by atoms with E-state index in [9.17, 15) is 0 Å². The van der Waals surface area contributed by atoms with Gasteiger partial charge in [-0.05, 0) is 30.7 Å². The molecular weight excluding hydrogens is 224 g/mol. The van der Waals surface area contributed by atoms with E-state index in [1.54, 1.807) is 24.4 Å². The second-order valence-electron chi connectivity index (χ2n) is 3.39. The van der Waals surface area contributed by atoms with Crippen molar-refractivity contribution in [2.45, 2.75) is 6.92 Å². The van der Waals surface area contributed by atoms with Crippen LogP contribution < -0.4 is 10.5 Å². The van der Waals surface area contributed by atoms with Gasteiger partial charge in [-0.15, -0.1) is 0 Å². The molecule has 0 aliphatic heterocycles. The van der Waals surface area contributed by atoms with Gasteiger partial charge in [0, 0.05) is 6.20 Å². The number of aryl methyl sites for hydroxylation is 1. The van der Waals surface area contributed by atoms with Gasteiger partial charge in [-0.1, -0.05) is 23.7 Å². The Bertz CT molecular complexity index is 494. The third-order valence-electron chi connectivity index (χ3n) is 2.17. The van der Waals surface area contributed by atoms with Crippen LogP contribution in [0, 0.1) is 6.92 Å². The molecule has 0 radical (unpaired) electrons. The van der Waals surface area contributed by atoms with Crippen molar-refractivity contribution in [3.63, 3.8) is 0 Å². The number of pyridine rings is 1. The SMILES string of the molecule is Cc1cccc(N)c1Oc1ncccc1Cl. The van der Waals surface area contributed by atoms with Crippen molar-refractivity contribution in [1.82, 2.24) is 4.98 Å². The number of anilines is 1. The molecule has 0 unspecified atom stereocenters. The number of para-hydroxylation sites is 1. The van der Waals surface area contributed by atoms with E-state index in [0.29, 0.717) is 22.3 Å². The first-order valence-corrected chi connectivity index (χ1v) is 5.20. The van der Waals surface area contributed by atoms with E-state index < -0.39 is 0 Å². The van der Waals surface area contributed by atoms with Crippen molar-refractivity contribution >= 4 is 17.3 Å². The number of benzene rings is 1. The average molecular weight is 235 g/mol. The summed E-state index contributed by atoms with van der Waals surface area (Å²) in [6.07, 6.45) is 1.62. The molecule has 82 valence electrons. The third-order valence-corrected chi connectivity index (χ3v) is 2.45. The van der Waals surface area contributed by atoms with Crippen LogP contribution in [0.2, 0.25) is 5.02 Å². The Kier molecular flexibility index (Phi) is 2.97. The van der Waals surface area contributed by atoms with Crippen LogP contribution in [0.5, 0.6) is 11.6 Å². The van der Waals surface area contributed by atoms with Gasteiger partial charge in [0.2, 0.25) is 5.88 Å². The second kappa shape index (κ2) is 4.41. The van der Waals surface area contributed by atoms with Gasteiger partial charge < -0.3 is 10.5 Å². The Morgan fingerprint density at radius 1 is 1.25 bits per heavy atom. The maximum atomic E-state index is 5.95. The molecular formula is C12H11ClN2O. The molecule has 1 aromatic heterocycles. The van der Waals surface area contributed by atoms with Gasteiger partial charge in [-0.3, -0.25) is 0 Å². The van der Waals surface area contributed by atoms with Crippen LogP contribution in [-0.4, -0.2) is 4.98 Å². The standard InChI is InChI=1S/C12H11ClN2O/c1-8-4-2-6-10(14)11(8)16-12-9(13)5-3-7-15-12/h2-7H,14H2,1H3. The van der Waals surface area contributed by atoms with Crippen LogP contribution in [-0.2, 0) is 0 Å². The van der Waals surface area contributed by atoms with E-state index in [4.69, 9.17) is 22.1 Å². The lowest BCUT2D eigenvalue weighted by molar-refractivity contribution is 0.462. The van der Waals surface area contributed by atoms with Gasteiger partial charge in [-0.2, -0.15) is 0 Å². The smallest absolute Gasteiger partial charge is 0.238 e. The van der Waals surface area contributed by atoms with E-state index in [2.05, 4.69) is 4.98 Å². The lowest BCUT2D eigenvalue weighted by Gasteiger charge is -2.10. The predicted octanol–water partition coefficient (Wildman–Crippen LogP) is 3.42. The van der Waals surface area contributed by atoms with E-state index in [1.807, 2.05) is 19.1 Å². The Labute approximate surface area is 98.8 Å². The topological polar surface area (TPSA) is 48.1 Å². The quantitative estimate of drug-likeness (QED) is 0.810.